The van der Waals surface area contributed by atoms with Gasteiger partial charge in [0.2, 0.25) is 11.0 Å². The monoisotopic (exact) mass is 311 g/mol. The van der Waals surface area contributed by atoms with Crippen molar-refractivity contribution < 1.29 is 4.79 Å². The third-order valence-corrected chi connectivity index (χ3v) is 4.20. The van der Waals surface area contributed by atoms with Crippen LogP contribution in [0.4, 0.5) is 5.13 Å². The molecular weight excluding hydrogens is 286 g/mol. The molecule has 1 aromatic heterocycles. The van der Waals surface area contributed by atoms with Crippen molar-refractivity contribution in [2.75, 3.05) is 37.6 Å². The first-order valence-corrected chi connectivity index (χ1v) is 8.19. The number of carbonyl (C=O) groups excluding carboxylic acids is 1. The van der Waals surface area contributed by atoms with Gasteiger partial charge in [0.15, 0.2) is 0 Å². The Balaban J connectivity index is 1.71. The zero-order valence-corrected chi connectivity index (χ0v) is 14.2. The lowest BCUT2D eigenvalue weighted by atomic mass is 10.1. The second kappa shape index (κ2) is 6.70. The lowest BCUT2D eigenvalue weighted by Crippen LogP contribution is -2.48. The number of amides is 1. The molecule has 1 fully saturated rings. The summed E-state index contributed by atoms with van der Waals surface area (Å²) in [6.07, 6.45) is 0.565. The third kappa shape index (κ3) is 5.24. The molecule has 0 unspecified atom stereocenters. The topological polar surface area (TPSA) is 61.4 Å². The van der Waals surface area contributed by atoms with E-state index in [2.05, 4.69) is 24.5 Å². The molecule has 1 saturated heterocycles. The van der Waals surface area contributed by atoms with Gasteiger partial charge in [-0.2, -0.15) is 4.37 Å². The minimum atomic E-state index is -0.147. The molecule has 2 rings (SSSR count). The fraction of sp³-hybridized carbons (Fsp3) is 0.786. The normalized spacial score (nSPS) is 17.0. The quantitative estimate of drug-likeness (QED) is 0.907. The fourth-order valence-corrected chi connectivity index (χ4v) is 3.04. The second-order valence-corrected chi connectivity index (χ2v) is 7.23. The van der Waals surface area contributed by atoms with Gasteiger partial charge in [-0.1, -0.05) is 0 Å². The molecule has 0 spiro atoms. The molecule has 1 aliphatic rings. The molecule has 7 heteroatoms. The summed E-state index contributed by atoms with van der Waals surface area (Å²) in [5.41, 5.74) is -0.147. The average Bonchev–Trinajstić information content (AvgIpc) is 2.82. The number of aromatic nitrogens is 2. The molecule has 1 N–H and O–H groups in total. The maximum absolute atomic E-state index is 11.8. The first-order valence-electron chi connectivity index (χ1n) is 7.42. The van der Waals surface area contributed by atoms with Crippen LogP contribution in [0, 0.1) is 6.92 Å². The maximum Gasteiger partial charge on any atom is 0.221 e. The van der Waals surface area contributed by atoms with E-state index in [1.807, 2.05) is 27.7 Å². The lowest BCUT2D eigenvalue weighted by molar-refractivity contribution is -0.122. The minimum Gasteiger partial charge on any atom is -0.351 e. The molecule has 0 aliphatic carbocycles. The van der Waals surface area contributed by atoms with E-state index in [9.17, 15) is 4.79 Å². The standard InChI is InChI=1S/C14H25N5OS/c1-11-15-13(21-17-11)19-9-7-18(8-10-19)6-5-12(20)16-14(2,3)4/h5-10H2,1-4H3,(H,16,20). The van der Waals surface area contributed by atoms with Crippen LogP contribution >= 0.6 is 11.5 Å². The van der Waals surface area contributed by atoms with Gasteiger partial charge in [0.25, 0.3) is 0 Å². The van der Waals surface area contributed by atoms with Crippen LogP contribution in [0.5, 0.6) is 0 Å². The number of rotatable bonds is 4. The second-order valence-electron chi connectivity index (χ2n) is 6.50. The van der Waals surface area contributed by atoms with Crippen LogP contribution in [0.15, 0.2) is 0 Å². The Kier molecular flexibility index (Phi) is 5.16. The van der Waals surface area contributed by atoms with Crippen molar-refractivity contribution in [1.82, 2.24) is 19.6 Å². The van der Waals surface area contributed by atoms with Gasteiger partial charge < -0.3 is 10.2 Å². The van der Waals surface area contributed by atoms with Crippen LogP contribution in [0.25, 0.3) is 0 Å². The van der Waals surface area contributed by atoms with E-state index < -0.39 is 0 Å². The lowest BCUT2D eigenvalue weighted by Gasteiger charge is -2.34. The summed E-state index contributed by atoms with van der Waals surface area (Å²) in [6.45, 7) is 12.6. The smallest absolute Gasteiger partial charge is 0.221 e. The van der Waals surface area contributed by atoms with Crippen LogP contribution in [0.3, 0.4) is 0 Å². The SMILES string of the molecule is Cc1nsc(N2CCN(CCC(=O)NC(C)(C)C)CC2)n1. The van der Waals surface area contributed by atoms with E-state index >= 15 is 0 Å². The highest BCUT2D eigenvalue weighted by Gasteiger charge is 2.20. The highest BCUT2D eigenvalue weighted by Crippen LogP contribution is 2.18. The van der Waals surface area contributed by atoms with Gasteiger partial charge in [0.1, 0.15) is 5.82 Å². The minimum absolute atomic E-state index is 0.129. The summed E-state index contributed by atoms with van der Waals surface area (Å²) >= 11 is 1.46. The van der Waals surface area contributed by atoms with E-state index in [1.165, 1.54) is 11.5 Å². The van der Waals surface area contributed by atoms with Crippen molar-refractivity contribution in [2.24, 2.45) is 0 Å². The first kappa shape index (κ1) is 16.2. The Morgan fingerprint density at radius 1 is 1.29 bits per heavy atom. The third-order valence-electron chi connectivity index (χ3n) is 3.33. The van der Waals surface area contributed by atoms with Crippen LogP contribution in [-0.2, 0) is 4.79 Å². The van der Waals surface area contributed by atoms with E-state index in [-0.39, 0.29) is 11.4 Å². The van der Waals surface area contributed by atoms with E-state index in [0.29, 0.717) is 6.42 Å². The van der Waals surface area contributed by atoms with Gasteiger partial charge in [-0.15, -0.1) is 0 Å². The number of anilines is 1. The fourth-order valence-electron chi connectivity index (χ4n) is 2.32. The van der Waals surface area contributed by atoms with Gasteiger partial charge >= 0.3 is 0 Å². The Labute approximate surface area is 130 Å². The van der Waals surface area contributed by atoms with Crippen LogP contribution in [-0.4, -0.2) is 58.4 Å². The molecule has 1 aromatic rings. The Hall–Kier alpha value is -1.21. The molecule has 0 bridgehead atoms. The summed E-state index contributed by atoms with van der Waals surface area (Å²) in [4.78, 5) is 20.9. The molecule has 6 nitrogen and oxygen atoms in total. The molecule has 0 aromatic carbocycles. The Morgan fingerprint density at radius 2 is 1.95 bits per heavy atom. The Bertz CT molecular complexity index is 474. The van der Waals surface area contributed by atoms with Gasteiger partial charge in [-0.05, 0) is 27.7 Å². The molecular formula is C14H25N5OS. The van der Waals surface area contributed by atoms with Crippen molar-refractivity contribution >= 4 is 22.6 Å². The Morgan fingerprint density at radius 3 is 2.48 bits per heavy atom. The summed E-state index contributed by atoms with van der Waals surface area (Å²) in [5, 5.41) is 4.02. The van der Waals surface area contributed by atoms with Gasteiger partial charge in [-0.3, -0.25) is 9.69 Å². The molecule has 2 heterocycles. The zero-order valence-electron chi connectivity index (χ0n) is 13.3. The summed E-state index contributed by atoms with van der Waals surface area (Å²) in [5.74, 6) is 0.973. The van der Waals surface area contributed by atoms with Crippen molar-refractivity contribution in [3.8, 4) is 0 Å². The molecule has 21 heavy (non-hydrogen) atoms. The molecule has 118 valence electrons. The largest absolute Gasteiger partial charge is 0.351 e. The van der Waals surface area contributed by atoms with Crippen molar-refractivity contribution in [3.05, 3.63) is 5.82 Å². The molecule has 0 atom stereocenters. The van der Waals surface area contributed by atoms with Gasteiger partial charge in [-0.25, -0.2) is 4.98 Å². The van der Waals surface area contributed by atoms with Crippen molar-refractivity contribution in [2.45, 2.75) is 39.7 Å². The van der Waals surface area contributed by atoms with Crippen LogP contribution < -0.4 is 10.2 Å². The first-order chi connectivity index (χ1) is 9.83. The van der Waals surface area contributed by atoms with Crippen molar-refractivity contribution in [1.29, 1.82) is 0 Å². The zero-order chi connectivity index (χ0) is 15.5. The summed E-state index contributed by atoms with van der Waals surface area (Å²) in [7, 11) is 0. The van der Waals surface area contributed by atoms with Crippen molar-refractivity contribution in [3.63, 3.8) is 0 Å². The number of nitrogens with one attached hydrogen (secondary N) is 1. The predicted octanol–water partition coefficient (Wildman–Crippen LogP) is 1.27. The number of piperazine rings is 1. The van der Waals surface area contributed by atoms with E-state index in [4.69, 9.17) is 0 Å². The highest BCUT2D eigenvalue weighted by molar-refractivity contribution is 7.09. The van der Waals surface area contributed by atoms with E-state index in [0.717, 1.165) is 43.7 Å². The molecule has 0 radical (unpaired) electrons. The molecule has 1 amide bonds. The average molecular weight is 311 g/mol. The number of carbonyl (C=O) groups is 1. The highest BCUT2D eigenvalue weighted by atomic mass is 32.1. The predicted molar refractivity (Wildman–Crippen MR) is 85.8 cm³/mol. The number of nitrogens with zero attached hydrogens (tertiary/aromatic N) is 4. The number of hydrogen-bond donors (Lipinski definition) is 1. The van der Waals surface area contributed by atoms with Gasteiger partial charge in [0, 0.05) is 56.2 Å². The van der Waals surface area contributed by atoms with Crippen LogP contribution in [0.1, 0.15) is 33.0 Å². The number of aryl methyl sites for hydroxylation is 1. The van der Waals surface area contributed by atoms with E-state index in [1.54, 1.807) is 0 Å². The molecule has 1 aliphatic heterocycles. The summed E-state index contributed by atoms with van der Waals surface area (Å²) < 4.78 is 4.23. The molecule has 0 saturated carbocycles. The number of hydrogen-bond acceptors (Lipinski definition) is 6. The maximum atomic E-state index is 11.8. The summed E-state index contributed by atoms with van der Waals surface area (Å²) in [6, 6.07) is 0. The van der Waals surface area contributed by atoms with Crippen LogP contribution in [0.2, 0.25) is 0 Å². The van der Waals surface area contributed by atoms with Gasteiger partial charge in [0.05, 0.1) is 0 Å².